The van der Waals surface area contributed by atoms with Gasteiger partial charge in [0.2, 0.25) is 0 Å². The summed E-state index contributed by atoms with van der Waals surface area (Å²) in [6.45, 7) is 3.68. The van der Waals surface area contributed by atoms with E-state index in [1.165, 1.54) is 12.1 Å². The molecule has 0 saturated carbocycles. The fourth-order valence-corrected chi connectivity index (χ4v) is 1.98. The summed E-state index contributed by atoms with van der Waals surface area (Å²) in [6, 6.07) is 8.66. The first-order valence-electron chi connectivity index (χ1n) is 6.27. The predicted molar refractivity (Wildman–Crippen MR) is 68.3 cm³/mol. The van der Waals surface area contributed by atoms with E-state index in [4.69, 9.17) is 0 Å². The Morgan fingerprint density at radius 2 is 1.60 bits per heavy atom. The highest BCUT2D eigenvalue weighted by molar-refractivity contribution is 5.29. The number of halogens is 3. The van der Waals surface area contributed by atoms with Crippen molar-refractivity contribution in [3.05, 3.63) is 35.4 Å². The Bertz CT molecular complexity index is 518. The zero-order valence-corrected chi connectivity index (χ0v) is 11.3. The molecule has 0 aliphatic rings. The second-order valence-corrected chi connectivity index (χ2v) is 4.88. The molecule has 0 fully saturated rings. The number of nitriles is 2. The van der Waals surface area contributed by atoms with Gasteiger partial charge in [-0.2, -0.15) is 23.7 Å². The molecule has 0 bridgehead atoms. The van der Waals surface area contributed by atoms with E-state index in [9.17, 15) is 23.7 Å². The average Bonchev–Trinajstić information content (AvgIpc) is 2.43. The van der Waals surface area contributed by atoms with E-state index in [2.05, 4.69) is 0 Å². The minimum Gasteiger partial charge on any atom is -0.197 e. The fourth-order valence-electron chi connectivity index (χ4n) is 1.98. The maximum atomic E-state index is 12.5. The molecule has 5 heteroatoms. The first-order valence-corrected chi connectivity index (χ1v) is 6.27. The summed E-state index contributed by atoms with van der Waals surface area (Å²) in [5, 5.41) is 18.5. The van der Waals surface area contributed by atoms with Crippen LogP contribution in [0.5, 0.6) is 0 Å². The van der Waals surface area contributed by atoms with E-state index in [-0.39, 0.29) is 12.3 Å². The molecule has 0 spiro atoms. The highest BCUT2D eigenvalue weighted by Crippen LogP contribution is 2.34. The van der Waals surface area contributed by atoms with E-state index in [0.717, 1.165) is 12.1 Å². The molecular formula is C15H15F3N2. The third kappa shape index (κ3) is 3.30. The summed E-state index contributed by atoms with van der Waals surface area (Å²) in [6.07, 6.45) is -3.59. The van der Waals surface area contributed by atoms with Crippen LogP contribution >= 0.6 is 0 Å². The van der Waals surface area contributed by atoms with Crippen LogP contribution in [0.2, 0.25) is 0 Å². The van der Waals surface area contributed by atoms with Crippen LogP contribution in [0, 0.1) is 34.0 Å². The minimum absolute atomic E-state index is 0.132. The van der Waals surface area contributed by atoms with Crippen molar-refractivity contribution in [3.63, 3.8) is 0 Å². The van der Waals surface area contributed by atoms with Gasteiger partial charge in [0.05, 0.1) is 17.7 Å². The molecule has 1 aromatic rings. The molecule has 2 nitrogen and oxygen atoms in total. The van der Waals surface area contributed by atoms with Crippen LogP contribution in [-0.4, -0.2) is 0 Å². The van der Waals surface area contributed by atoms with Crippen LogP contribution in [-0.2, 0) is 12.6 Å². The Labute approximate surface area is 116 Å². The van der Waals surface area contributed by atoms with Crippen molar-refractivity contribution in [1.82, 2.24) is 0 Å². The maximum absolute atomic E-state index is 12.5. The first-order chi connectivity index (χ1) is 9.29. The summed E-state index contributed by atoms with van der Waals surface area (Å²) in [5.41, 5.74) is -1.38. The smallest absolute Gasteiger partial charge is 0.197 e. The Hall–Kier alpha value is -2.01. The van der Waals surface area contributed by atoms with Crippen LogP contribution in [0.25, 0.3) is 0 Å². The van der Waals surface area contributed by atoms with E-state index >= 15 is 0 Å². The highest BCUT2D eigenvalue weighted by Gasteiger charge is 2.36. The minimum atomic E-state index is -4.38. The Balaban J connectivity index is 3.03. The van der Waals surface area contributed by atoms with Crippen LogP contribution in [0.3, 0.4) is 0 Å². The highest BCUT2D eigenvalue weighted by atomic mass is 19.4. The van der Waals surface area contributed by atoms with Gasteiger partial charge in [-0.15, -0.1) is 0 Å². The largest absolute Gasteiger partial charge is 0.416 e. The Morgan fingerprint density at radius 1 is 1.10 bits per heavy atom. The predicted octanol–water partition coefficient (Wildman–Crippen LogP) is 4.33. The third-order valence-electron chi connectivity index (χ3n) is 3.62. The van der Waals surface area contributed by atoms with Gasteiger partial charge in [0, 0.05) is 6.42 Å². The molecular weight excluding hydrogens is 265 g/mol. The number of hydrogen-bond donors (Lipinski definition) is 0. The molecule has 0 amide bonds. The van der Waals surface area contributed by atoms with E-state index in [1.807, 2.05) is 19.1 Å². The second-order valence-electron chi connectivity index (χ2n) is 4.88. The Kier molecular flexibility index (Phi) is 4.78. The SMILES string of the molecule is CCC(C)C(C#N)(C#N)Cc1ccc(C(F)(F)F)cc1. The second kappa shape index (κ2) is 5.96. The lowest BCUT2D eigenvalue weighted by molar-refractivity contribution is -0.137. The van der Waals surface area contributed by atoms with Gasteiger partial charge in [-0.1, -0.05) is 32.4 Å². The zero-order chi connectivity index (χ0) is 15.4. The van der Waals surface area contributed by atoms with Crippen molar-refractivity contribution in [2.75, 3.05) is 0 Å². The summed E-state index contributed by atoms with van der Waals surface area (Å²) in [7, 11) is 0. The lowest BCUT2D eigenvalue weighted by Gasteiger charge is -2.25. The molecule has 0 N–H and O–H groups in total. The molecule has 106 valence electrons. The van der Waals surface area contributed by atoms with E-state index < -0.39 is 17.2 Å². The molecule has 20 heavy (non-hydrogen) atoms. The van der Waals surface area contributed by atoms with Crippen molar-refractivity contribution in [2.45, 2.75) is 32.9 Å². The molecule has 0 radical (unpaired) electrons. The van der Waals surface area contributed by atoms with Gasteiger partial charge in [0.1, 0.15) is 5.41 Å². The first kappa shape index (κ1) is 16.0. The average molecular weight is 280 g/mol. The summed E-state index contributed by atoms with van der Waals surface area (Å²) >= 11 is 0. The van der Waals surface area contributed by atoms with E-state index in [1.54, 1.807) is 6.92 Å². The van der Waals surface area contributed by atoms with E-state index in [0.29, 0.717) is 12.0 Å². The molecule has 1 unspecified atom stereocenters. The van der Waals surface area contributed by atoms with Crippen molar-refractivity contribution in [2.24, 2.45) is 11.3 Å². The Morgan fingerprint density at radius 3 is 1.95 bits per heavy atom. The monoisotopic (exact) mass is 280 g/mol. The van der Waals surface area contributed by atoms with Crippen molar-refractivity contribution in [1.29, 1.82) is 10.5 Å². The number of benzene rings is 1. The molecule has 1 atom stereocenters. The number of nitrogens with zero attached hydrogens (tertiary/aromatic N) is 2. The molecule has 0 aliphatic carbocycles. The van der Waals surface area contributed by atoms with Gasteiger partial charge in [0.25, 0.3) is 0 Å². The molecule has 1 rings (SSSR count). The van der Waals surface area contributed by atoms with Crippen LogP contribution in [0.15, 0.2) is 24.3 Å². The third-order valence-corrected chi connectivity index (χ3v) is 3.62. The topological polar surface area (TPSA) is 47.6 Å². The zero-order valence-electron chi connectivity index (χ0n) is 11.3. The van der Waals surface area contributed by atoms with Gasteiger partial charge >= 0.3 is 6.18 Å². The molecule has 0 heterocycles. The van der Waals surface area contributed by atoms with Gasteiger partial charge in [0.15, 0.2) is 0 Å². The quantitative estimate of drug-likeness (QED) is 0.824. The van der Waals surface area contributed by atoms with Crippen LogP contribution < -0.4 is 0 Å². The normalized spacial score (nSPS) is 13.3. The van der Waals surface area contributed by atoms with Crippen LogP contribution in [0.1, 0.15) is 31.4 Å². The number of hydrogen-bond acceptors (Lipinski definition) is 2. The molecule has 0 aromatic heterocycles. The van der Waals surface area contributed by atoms with Crippen LogP contribution in [0.4, 0.5) is 13.2 Å². The van der Waals surface area contributed by atoms with Gasteiger partial charge < -0.3 is 0 Å². The number of alkyl halides is 3. The lowest BCUT2D eigenvalue weighted by atomic mass is 9.73. The van der Waals surface area contributed by atoms with Crippen molar-refractivity contribution >= 4 is 0 Å². The maximum Gasteiger partial charge on any atom is 0.416 e. The fraction of sp³-hybridized carbons (Fsp3) is 0.467. The van der Waals surface area contributed by atoms with Gasteiger partial charge in [-0.25, -0.2) is 0 Å². The molecule has 0 saturated heterocycles. The van der Waals surface area contributed by atoms with Crippen molar-refractivity contribution < 1.29 is 13.2 Å². The lowest BCUT2D eigenvalue weighted by Crippen LogP contribution is -2.27. The summed E-state index contributed by atoms with van der Waals surface area (Å²) in [4.78, 5) is 0. The summed E-state index contributed by atoms with van der Waals surface area (Å²) < 4.78 is 37.4. The summed E-state index contributed by atoms with van der Waals surface area (Å²) in [5.74, 6) is -0.153. The molecule has 0 aliphatic heterocycles. The standard InChI is InChI=1S/C15H15F3N2/c1-3-11(2)14(9-19,10-20)8-12-4-6-13(7-5-12)15(16,17)18/h4-7,11H,3,8H2,1-2H3. The van der Waals surface area contributed by atoms with Gasteiger partial charge in [-0.3, -0.25) is 0 Å². The molecule has 1 aromatic carbocycles. The van der Waals surface area contributed by atoms with Gasteiger partial charge in [-0.05, 0) is 23.6 Å². The van der Waals surface area contributed by atoms with Crippen molar-refractivity contribution in [3.8, 4) is 12.1 Å². The number of rotatable bonds is 4.